The molecule has 1 aromatic carbocycles. The minimum absolute atomic E-state index is 0.00973. The zero-order valence-corrected chi connectivity index (χ0v) is 16.1. The second kappa shape index (κ2) is 7.67. The predicted molar refractivity (Wildman–Crippen MR) is 95.8 cm³/mol. The molecule has 0 fully saturated rings. The van der Waals surface area contributed by atoms with E-state index in [1.54, 1.807) is 24.3 Å². The van der Waals surface area contributed by atoms with E-state index in [1.807, 2.05) is 0 Å². The quantitative estimate of drug-likeness (QED) is 0.769. The molecular weight excluding hydrogens is 310 g/mol. The molecule has 0 bridgehead atoms. The highest BCUT2D eigenvalue weighted by molar-refractivity contribution is 7.91. The van der Waals surface area contributed by atoms with Crippen LogP contribution in [0.3, 0.4) is 0 Å². The molecule has 1 N–H and O–H groups in total. The Morgan fingerprint density at radius 3 is 2.04 bits per heavy atom. The van der Waals surface area contributed by atoms with E-state index in [1.165, 1.54) is 0 Å². The molecule has 0 radical (unpaired) electrons. The molecule has 0 aliphatic carbocycles. The molecule has 0 spiro atoms. The first-order valence-corrected chi connectivity index (χ1v) is 9.75. The van der Waals surface area contributed by atoms with Crippen LogP contribution in [0.15, 0.2) is 29.2 Å². The highest BCUT2D eigenvalue weighted by Gasteiger charge is 2.16. The summed E-state index contributed by atoms with van der Waals surface area (Å²) in [5, 5.41) is 3.30. The van der Waals surface area contributed by atoms with Crippen molar-refractivity contribution < 1.29 is 13.2 Å². The van der Waals surface area contributed by atoms with Crippen LogP contribution in [0.25, 0.3) is 0 Å². The molecule has 0 aliphatic heterocycles. The minimum Gasteiger partial charge on any atom is -0.493 e. The van der Waals surface area contributed by atoms with E-state index in [4.69, 9.17) is 4.74 Å². The van der Waals surface area contributed by atoms with E-state index in [2.05, 4.69) is 46.9 Å². The maximum Gasteiger partial charge on any atom is 0.178 e. The lowest BCUT2D eigenvalue weighted by atomic mass is 9.99. The van der Waals surface area contributed by atoms with Crippen LogP contribution in [0.5, 0.6) is 5.75 Å². The number of hydrogen-bond acceptors (Lipinski definition) is 4. The van der Waals surface area contributed by atoms with Gasteiger partial charge in [-0.2, -0.15) is 0 Å². The Morgan fingerprint density at radius 1 is 1.00 bits per heavy atom. The fourth-order valence-electron chi connectivity index (χ4n) is 1.89. The van der Waals surface area contributed by atoms with Crippen LogP contribution in [0, 0.1) is 5.41 Å². The Labute approximate surface area is 141 Å². The van der Waals surface area contributed by atoms with E-state index in [0.717, 1.165) is 0 Å². The number of benzene rings is 1. The van der Waals surface area contributed by atoms with E-state index in [-0.39, 0.29) is 16.7 Å². The molecule has 0 saturated heterocycles. The van der Waals surface area contributed by atoms with Gasteiger partial charge in [0.2, 0.25) is 0 Å². The topological polar surface area (TPSA) is 55.4 Å². The third-order valence-corrected chi connectivity index (χ3v) is 4.92. The van der Waals surface area contributed by atoms with Gasteiger partial charge >= 0.3 is 0 Å². The number of sulfone groups is 1. The Kier molecular flexibility index (Phi) is 6.66. The molecule has 0 heterocycles. The van der Waals surface area contributed by atoms with Gasteiger partial charge in [0.05, 0.1) is 17.3 Å². The summed E-state index contributed by atoms with van der Waals surface area (Å²) in [6, 6.07) is 6.72. The summed E-state index contributed by atoms with van der Waals surface area (Å²) in [5.74, 6) is 0.853. The van der Waals surface area contributed by atoms with Crippen molar-refractivity contribution in [3.05, 3.63) is 24.3 Å². The standard InChI is InChI=1S/C18H31NO3S/c1-17(2,3)14-22-15-8-10-16(11-9-15)23(20,21)13-7-12-19-18(4,5)6/h8-11,19H,7,12-14H2,1-6H3. The monoisotopic (exact) mass is 341 g/mol. The van der Waals surface area contributed by atoms with Crippen molar-refractivity contribution >= 4 is 9.84 Å². The van der Waals surface area contributed by atoms with Crippen molar-refractivity contribution in [2.24, 2.45) is 5.41 Å². The largest absolute Gasteiger partial charge is 0.493 e. The average Bonchev–Trinajstić information content (AvgIpc) is 2.40. The van der Waals surface area contributed by atoms with Crippen LogP contribution in [-0.4, -0.2) is 32.9 Å². The Hall–Kier alpha value is -1.07. The van der Waals surface area contributed by atoms with E-state index < -0.39 is 9.84 Å². The summed E-state index contributed by atoms with van der Waals surface area (Å²) < 4.78 is 30.3. The zero-order chi connectivity index (χ0) is 17.7. The van der Waals surface area contributed by atoms with Crippen LogP contribution in [0.2, 0.25) is 0 Å². The first-order valence-electron chi connectivity index (χ1n) is 8.10. The summed E-state index contributed by atoms with van der Waals surface area (Å²) >= 11 is 0. The van der Waals surface area contributed by atoms with Crippen molar-refractivity contribution in [1.29, 1.82) is 0 Å². The van der Waals surface area contributed by atoms with Gasteiger partial charge in [-0.25, -0.2) is 8.42 Å². The Morgan fingerprint density at radius 2 is 1.57 bits per heavy atom. The fraction of sp³-hybridized carbons (Fsp3) is 0.667. The molecule has 1 aromatic rings. The van der Waals surface area contributed by atoms with Gasteiger partial charge in [-0.3, -0.25) is 0 Å². The summed E-state index contributed by atoms with van der Waals surface area (Å²) in [6.07, 6.45) is 0.599. The van der Waals surface area contributed by atoms with Gasteiger partial charge < -0.3 is 10.1 Å². The smallest absolute Gasteiger partial charge is 0.178 e. The minimum atomic E-state index is -3.23. The number of ether oxygens (including phenoxy) is 1. The van der Waals surface area contributed by atoms with Gasteiger partial charge in [0, 0.05) is 5.54 Å². The van der Waals surface area contributed by atoms with Crippen LogP contribution >= 0.6 is 0 Å². The van der Waals surface area contributed by atoms with Gasteiger partial charge in [-0.05, 0) is 63.4 Å². The molecule has 4 nitrogen and oxygen atoms in total. The summed E-state index contributed by atoms with van der Waals surface area (Å²) in [6.45, 7) is 13.8. The van der Waals surface area contributed by atoms with Gasteiger partial charge in [0.15, 0.2) is 9.84 Å². The molecule has 132 valence electrons. The number of rotatable bonds is 7. The normalized spacial score (nSPS) is 13.1. The van der Waals surface area contributed by atoms with Gasteiger partial charge in [-0.1, -0.05) is 20.8 Å². The second-order valence-electron chi connectivity index (χ2n) is 8.17. The number of hydrogen-bond donors (Lipinski definition) is 1. The molecule has 0 aromatic heterocycles. The fourth-order valence-corrected chi connectivity index (χ4v) is 3.20. The molecule has 0 unspecified atom stereocenters. The van der Waals surface area contributed by atoms with Gasteiger partial charge in [-0.15, -0.1) is 0 Å². The Balaban J connectivity index is 2.57. The van der Waals surface area contributed by atoms with Crippen LogP contribution in [-0.2, 0) is 9.84 Å². The molecule has 0 aliphatic rings. The van der Waals surface area contributed by atoms with E-state index in [9.17, 15) is 8.42 Å². The maximum absolute atomic E-state index is 12.3. The van der Waals surface area contributed by atoms with Crippen LogP contribution in [0.1, 0.15) is 48.0 Å². The SMILES string of the molecule is CC(C)(C)COc1ccc(S(=O)(=O)CCCNC(C)(C)C)cc1. The molecule has 1 rings (SSSR count). The second-order valence-corrected chi connectivity index (χ2v) is 10.3. The predicted octanol–water partition coefficient (Wildman–Crippen LogP) is 3.66. The lowest BCUT2D eigenvalue weighted by Gasteiger charge is -2.20. The first-order chi connectivity index (χ1) is 10.4. The van der Waals surface area contributed by atoms with Gasteiger partial charge in [0.25, 0.3) is 0 Å². The molecule has 0 saturated carbocycles. The lowest BCUT2D eigenvalue weighted by Crippen LogP contribution is -2.36. The van der Waals surface area contributed by atoms with Crippen molar-refractivity contribution in [3.8, 4) is 5.75 Å². The molecule has 0 atom stereocenters. The Bertz CT molecular complexity index is 578. The van der Waals surface area contributed by atoms with Crippen molar-refractivity contribution in [1.82, 2.24) is 5.32 Å². The summed E-state index contributed by atoms with van der Waals surface area (Å²) in [5.41, 5.74) is 0.0839. The average molecular weight is 342 g/mol. The first kappa shape index (κ1) is 20.0. The van der Waals surface area contributed by atoms with Crippen molar-refractivity contribution in [2.45, 2.75) is 58.4 Å². The third kappa shape index (κ3) is 8.37. The van der Waals surface area contributed by atoms with Crippen LogP contribution < -0.4 is 10.1 Å². The third-order valence-electron chi connectivity index (χ3n) is 3.10. The molecule has 0 amide bonds. The molecule has 5 heteroatoms. The number of nitrogens with one attached hydrogen (secondary N) is 1. The van der Waals surface area contributed by atoms with E-state index >= 15 is 0 Å². The summed E-state index contributed by atoms with van der Waals surface area (Å²) in [7, 11) is -3.23. The van der Waals surface area contributed by atoms with Crippen molar-refractivity contribution in [2.75, 3.05) is 18.9 Å². The highest BCUT2D eigenvalue weighted by atomic mass is 32.2. The lowest BCUT2D eigenvalue weighted by molar-refractivity contribution is 0.198. The van der Waals surface area contributed by atoms with E-state index in [0.29, 0.717) is 30.2 Å². The molecule has 23 heavy (non-hydrogen) atoms. The highest BCUT2D eigenvalue weighted by Crippen LogP contribution is 2.20. The van der Waals surface area contributed by atoms with Crippen LogP contribution in [0.4, 0.5) is 0 Å². The summed E-state index contributed by atoms with van der Waals surface area (Å²) in [4.78, 5) is 0.358. The van der Waals surface area contributed by atoms with Gasteiger partial charge in [0.1, 0.15) is 5.75 Å². The van der Waals surface area contributed by atoms with Crippen molar-refractivity contribution in [3.63, 3.8) is 0 Å². The zero-order valence-electron chi connectivity index (χ0n) is 15.3. The molecular formula is C18H31NO3S. The maximum atomic E-state index is 12.3.